The average molecular weight is 444 g/mol. The fourth-order valence-corrected chi connectivity index (χ4v) is 4.51. The number of pyridine rings is 1. The quantitative estimate of drug-likeness (QED) is 0.478. The highest BCUT2D eigenvalue weighted by molar-refractivity contribution is 6.07. The number of piperazine rings is 1. The van der Waals surface area contributed by atoms with Crippen LogP contribution in [0.5, 0.6) is 0 Å². The van der Waals surface area contributed by atoms with E-state index in [4.69, 9.17) is 4.98 Å². The van der Waals surface area contributed by atoms with Gasteiger partial charge < -0.3 is 4.90 Å². The Kier molecular flexibility index (Phi) is 5.64. The molecule has 2 aromatic carbocycles. The molecule has 4 aromatic rings. The summed E-state index contributed by atoms with van der Waals surface area (Å²) in [5.41, 5.74) is 4.98. The summed E-state index contributed by atoms with van der Waals surface area (Å²) in [6, 6.07) is 16.4. The number of nitrogens with zero attached hydrogens (tertiary/aromatic N) is 5. The number of hydrogen-bond acceptors (Lipinski definition) is 4. The van der Waals surface area contributed by atoms with Crippen LogP contribution in [0.3, 0.4) is 0 Å². The van der Waals surface area contributed by atoms with Gasteiger partial charge in [-0.3, -0.25) is 14.4 Å². The van der Waals surface area contributed by atoms with Crippen LogP contribution in [0.15, 0.2) is 60.8 Å². The second kappa shape index (κ2) is 8.75. The molecule has 1 aliphatic heterocycles. The molecule has 0 bridgehead atoms. The minimum Gasteiger partial charge on any atom is -0.336 e. The molecule has 1 amide bonds. The second-order valence-corrected chi connectivity index (χ2v) is 8.57. The molecule has 1 aliphatic rings. The Hall–Kier alpha value is -3.58. The van der Waals surface area contributed by atoms with E-state index in [0.717, 1.165) is 46.5 Å². The summed E-state index contributed by atoms with van der Waals surface area (Å²) in [7, 11) is 1.88. The van der Waals surface area contributed by atoms with Crippen LogP contribution in [0.25, 0.3) is 22.2 Å². The standard InChI is InChI=1S/C26H26FN5O/c1-18-23(17-30(2)29-18)25-15-22(21-8-3-4-9-24(21)28-25)26(33)32-12-10-31(11-13-32)16-19-6-5-7-20(27)14-19/h3-9,14-15,17H,10-13,16H2,1-2H3. The molecule has 0 radical (unpaired) electrons. The Bertz CT molecular complexity index is 1320. The number of halogens is 1. The number of rotatable bonds is 4. The molecule has 6 nitrogen and oxygen atoms in total. The molecule has 1 fully saturated rings. The summed E-state index contributed by atoms with van der Waals surface area (Å²) in [5.74, 6) is -0.202. The van der Waals surface area contributed by atoms with Crippen LogP contribution in [0.4, 0.5) is 4.39 Å². The van der Waals surface area contributed by atoms with Gasteiger partial charge in [-0.15, -0.1) is 0 Å². The Morgan fingerprint density at radius 3 is 2.55 bits per heavy atom. The minimum absolute atomic E-state index is 0.0156. The third-order valence-electron chi connectivity index (χ3n) is 6.19. The molecule has 0 atom stereocenters. The largest absolute Gasteiger partial charge is 0.336 e. The number of fused-ring (bicyclic) bond motifs is 1. The molecule has 0 saturated carbocycles. The van der Waals surface area contributed by atoms with E-state index in [2.05, 4.69) is 10.00 Å². The highest BCUT2D eigenvalue weighted by Crippen LogP contribution is 2.27. The first-order chi connectivity index (χ1) is 16.0. The molecule has 0 spiro atoms. The van der Waals surface area contributed by atoms with Gasteiger partial charge in [-0.2, -0.15) is 5.10 Å². The number of aromatic nitrogens is 3. The first kappa shape index (κ1) is 21.3. The topological polar surface area (TPSA) is 54.3 Å². The van der Waals surface area contributed by atoms with E-state index >= 15 is 0 Å². The third-order valence-corrected chi connectivity index (χ3v) is 6.19. The van der Waals surface area contributed by atoms with Crippen molar-refractivity contribution in [1.82, 2.24) is 24.6 Å². The smallest absolute Gasteiger partial charge is 0.254 e. The lowest BCUT2D eigenvalue weighted by molar-refractivity contribution is 0.0630. The van der Waals surface area contributed by atoms with E-state index in [1.54, 1.807) is 16.8 Å². The van der Waals surface area contributed by atoms with Crippen LogP contribution in [0, 0.1) is 12.7 Å². The maximum Gasteiger partial charge on any atom is 0.254 e. The minimum atomic E-state index is -0.217. The number of carbonyl (C=O) groups excluding carboxylic acids is 1. The molecule has 0 unspecified atom stereocenters. The first-order valence-corrected chi connectivity index (χ1v) is 11.1. The Morgan fingerprint density at radius 1 is 1.03 bits per heavy atom. The zero-order valence-electron chi connectivity index (χ0n) is 18.8. The maximum atomic E-state index is 13.6. The van der Waals surface area contributed by atoms with Gasteiger partial charge in [0, 0.05) is 56.9 Å². The van der Waals surface area contributed by atoms with Crippen LogP contribution in [-0.4, -0.2) is 56.7 Å². The second-order valence-electron chi connectivity index (χ2n) is 8.57. The summed E-state index contributed by atoms with van der Waals surface area (Å²) in [6.45, 7) is 5.39. The van der Waals surface area contributed by atoms with Crippen molar-refractivity contribution in [2.75, 3.05) is 26.2 Å². The van der Waals surface area contributed by atoms with Crippen LogP contribution in [0.1, 0.15) is 21.6 Å². The number of aryl methyl sites for hydroxylation is 2. The van der Waals surface area contributed by atoms with E-state index in [0.29, 0.717) is 25.2 Å². The number of hydrogen-bond donors (Lipinski definition) is 0. The zero-order valence-corrected chi connectivity index (χ0v) is 18.8. The highest BCUT2D eigenvalue weighted by atomic mass is 19.1. The van der Waals surface area contributed by atoms with Crippen molar-refractivity contribution in [2.45, 2.75) is 13.5 Å². The summed E-state index contributed by atoms with van der Waals surface area (Å²) in [5, 5.41) is 5.29. The van der Waals surface area contributed by atoms with E-state index in [9.17, 15) is 9.18 Å². The van der Waals surface area contributed by atoms with Gasteiger partial charge in [0.05, 0.1) is 22.5 Å². The van der Waals surface area contributed by atoms with Gasteiger partial charge in [-0.25, -0.2) is 9.37 Å². The van der Waals surface area contributed by atoms with E-state index < -0.39 is 0 Å². The van der Waals surface area contributed by atoms with Gasteiger partial charge in [-0.05, 0) is 36.8 Å². The lowest BCUT2D eigenvalue weighted by atomic mass is 10.0. The third kappa shape index (κ3) is 4.36. The highest BCUT2D eigenvalue weighted by Gasteiger charge is 2.25. The average Bonchev–Trinajstić information content (AvgIpc) is 3.16. The summed E-state index contributed by atoms with van der Waals surface area (Å²) < 4.78 is 15.3. The van der Waals surface area contributed by atoms with Gasteiger partial charge in [0.1, 0.15) is 5.82 Å². The summed E-state index contributed by atoms with van der Waals surface area (Å²) >= 11 is 0. The monoisotopic (exact) mass is 443 g/mol. The Balaban J connectivity index is 1.39. The molecule has 7 heteroatoms. The fraction of sp³-hybridized carbons (Fsp3) is 0.269. The van der Waals surface area contributed by atoms with Crippen LogP contribution >= 0.6 is 0 Å². The van der Waals surface area contributed by atoms with E-state index in [1.807, 2.05) is 61.5 Å². The molecular weight excluding hydrogens is 417 g/mol. The lowest BCUT2D eigenvalue weighted by Crippen LogP contribution is -2.48. The molecular formula is C26H26FN5O. The normalized spacial score (nSPS) is 14.7. The Labute approximate surface area is 192 Å². The van der Waals surface area contributed by atoms with Crippen molar-refractivity contribution in [3.8, 4) is 11.3 Å². The molecule has 0 N–H and O–H groups in total. The predicted molar refractivity (Wildman–Crippen MR) is 126 cm³/mol. The van der Waals surface area contributed by atoms with Crippen molar-refractivity contribution >= 4 is 16.8 Å². The number of amides is 1. The number of benzene rings is 2. The van der Waals surface area contributed by atoms with Gasteiger partial charge in [-0.1, -0.05) is 30.3 Å². The summed E-state index contributed by atoms with van der Waals surface area (Å²) in [6.07, 6.45) is 1.94. The zero-order chi connectivity index (χ0) is 22.9. The maximum absolute atomic E-state index is 13.6. The molecule has 5 rings (SSSR count). The van der Waals surface area contributed by atoms with E-state index in [-0.39, 0.29) is 11.7 Å². The van der Waals surface area contributed by atoms with Crippen molar-refractivity contribution in [3.63, 3.8) is 0 Å². The SMILES string of the molecule is Cc1nn(C)cc1-c1cc(C(=O)N2CCN(Cc3cccc(F)c3)CC2)c2ccccc2n1. The van der Waals surface area contributed by atoms with Gasteiger partial charge in [0.2, 0.25) is 0 Å². The van der Waals surface area contributed by atoms with Gasteiger partial charge in [0.15, 0.2) is 0 Å². The van der Waals surface area contributed by atoms with Crippen LogP contribution in [0.2, 0.25) is 0 Å². The van der Waals surface area contributed by atoms with E-state index in [1.165, 1.54) is 6.07 Å². The van der Waals surface area contributed by atoms with Crippen LogP contribution < -0.4 is 0 Å². The molecule has 0 aliphatic carbocycles. The Morgan fingerprint density at radius 2 is 1.82 bits per heavy atom. The van der Waals surface area contributed by atoms with Gasteiger partial charge in [0.25, 0.3) is 5.91 Å². The molecule has 168 valence electrons. The summed E-state index contributed by atoms with van der Waals surface area (Å²) in [4.78, 5) is 22.6. The first-order valence-electron chi connectivity index (χ1n) is 11.1. The molecule has 1 saturated heterocycles. The van der Waals surface area contributed by atoms with Crippen LogP contribution in [-0.2, 0) is 13.6 Å². The van der Waals surface area contributed by atoms with Crippen molar-refractivity contribution in [3.05, 3.63) is 83.4 Å². The molecule has 3 heterocycles. The molecule has 2 aromatic heterocycles. The predicted octanol–water partition coefficient (Wildman–Crippen LogP) is 4.04. The molecule has 33 heavy (non-hydrogen) atoms. The van der Waals surface area contributed by atoms with Crippen molar-refractivity contribution in [1.29, 1.82) is 0 Å². The van der Waals surface area contributed by atoms with Crippen molar-refractivity contribution in [2.24, 2.45) is 7.05 Å². The lowest BCUT2D eigenvalue weighted by Gasteiger charge is -2.35. The van der Waals surface area contributed by atoms with Gasteiger partial charge >= 0.3 is 0 Å². The number of carbonyl (C=O) groups is 1. The number of para-hydroxylation sites is 1. The van der Waals surface area contributed by atoms with Crippen molar-refractivity contribution < 1.29 is 9.18 Å². The fourth-order valence-electron chi connectivity index (χ4n) is 4.51.